The van der Waals surface area contributed by atoms with Gasteiger partial charge in [-0.15, -0.1) is 0 Å². The van der Waals surface area contributed by atoms with E-state index in [4.69, 9.17) is 19.2 Å². The Morgan fingerprint density at radius 3 is 2.55 bits per heavy atom. The molecule has 0 radical (unpaired) electrons. The van der Waals surface area contributed by atoms with Gasteiger partial charge in [-0.3, -0.25) is 19.8 Å². The largest absolute Gasteiger partial charge is 0.468 e. The number of aryl methyl sites for hydroxylation is 1. The Labute approximate surface area is 390 Å². The number of hydrogen-bond donors (Lipinski definition) is 3. The average Bonchev–Trinajstić information content (AvgIpc) is 4.01. The van der Waals surface area contributed by atoms with Gasteiger partial charge in [0, 0.05) is 74.9 Å². The van der Waals surface area contributed by atoms with Crippen molar-refractivity contribution in [3.05, 3.63) is 106 Å². The van der Waals surface area contributed by atoms with E-state index in [2.05, 4.69) is 60.9 Å². The Kier molecular flexibility index (Phi) is 11.6. The summed E-state index contributed by atoms with van der Waals surface area (Å²) in [5, 5.41) is 16.3. The van der Waals surface area contributed by atoms with Gasteiger partial charge in [0.05, 0.1) is 33.7 Å². The molecule has 5 aliphatic heterocycles. The summed E-state index contributed by atoms with van der Waals surface area (Å²) in [5.74, 6) is -0.204. The molecule has 0 unspecified atom stereocenters. The molecule has 5 fully saturated rings. The van der Waals surface area contributed by atoms with Gasteiger partial charge in [0.15, 0.2) is 0 Å². The molecule has 67 heavy (non-hydrogen) atoms. The molecule has 3 aromatic carbocycles. The Morgan fingerprint density at radius 1 is 0.940 bits per heavy atom. The lowest BCUT2D eigenvalue weighted by Gasteiger charge is -2.56. The summed E-state index contributed by atoms with van der Waals surface area (Å²) >= 11 is 0. The second-order valence-corrected chi connectivity index (χ2v) is 21.2. The number of likely N-dealkylation sites (tertiary alicyclic amines) is 1. The van der Waals surface area contributed by atoms with Gasteiger partial charge < -0.3 is 34.3 Å². The number of benzene rings is 3. The highest BCUT2D eigenvalue weighted by Crippen LogP contribution is 2.54. The third kappa shape index (κ3) is 8.37. The number of piperidine rings is 1. The van der Waals surface area contributed by atoms with E-state index >= 15 is 0 Å². The SMILES string of the molecule is Cc1ccccc1[C@@H]1CCCN1C1CC2(CCN(c3ccc(C(=O)NS(=O)(=O)c4ccc(NCC5CCOCC5)c([N+](=O)[O-])c4)c(N4c5cc6cc[nH]c6nc5O[C@@H]5COCC[C@H]54)c3)CC2)C1. The van der Waals surface area contributed by atoms with Crippen LogP contribution in [0.5, 0.6) is 5.88 Å². The van der Waals surface area contributed by atoms with Crippen molar-refractivity contribution in [2.24, 2.45) is 11.3 Å². The van der Waals surface area contributed by atoms with Crippen LogP contribution in [0.1, 0.15) is 85.3 Å². The first kappa shape index (κ1) is 43.8. The first-order valence-electron chi connectivity index (χ1n) is 23.9. The van der Waals surface area contributed by atoms with Crippen LogP contribution in [0.3, 0.4) is 0 Å². The first-order chi connectivity index (χ1) is 32.5. The molecule has 1 saturated carbocycles. The molecule has 6 aliphatic rings. The number of carbonyl (C=O) groups excluding carboxylic acids is 1. The highest BCUT2D eigenvalue weighted by molar-refractivity contribution is 7.90. The number of fused-ring (bicyclic) bond motifs is 3. The van der Waals surface area contributed by atoms with Gasteiger partial charge in [-0.25, -0.2) is 13.1 Å². The van der Waals surface area contributed by atoms with Gasteiger partial charge in [0.2, 0.25) is 5.88 Å². The number of nitrogens with one attached hydrogen (secondary N) is 3. The number of nitro groups is 1. The molecule has 4 saturated heterocycles. The number of amides is 1. The van der Waals surface area contributed by atoms with Crippen molar-refractivity contribution in [2.45, 2.75) is 93.8 Å². The minimum atomic E-state index is -4.58. The van der Waals surface area contributed by atoms with E-state index < -0.39 is 37.5 Å². The Morgan fingerprint density at radius 2 is 1.75 bits per heavy atom. The zero-order valence-corrected chi connectivity index (χ0v) is 38.6. The first-order valence-corrected chi connectivity index (χ1v) is 25.4. The van der Waals surface area contributed by atoms with Gasteiger partial charge in [-0.1, -0.05) is 24.3 Å². The molecule has 3 N–H and O–H groups in total. The van der Waals surface area contributed by atoms with Crippen molar-refractivity contribution >= 4 is 55.4 Å². The van der Waals surface area contributed by atoms with Crippen LogP contribution in [-0.2, 0) is 19.5 Å². The molecule has 7 heterocycles. The molecule has 1 aliphatic carbocycles. The van der Waals surface area contributed by atoms with E-state index in [-0.39, 0.29) is 23.2 Å². The normalized spacial score (nSPS) is 23.3. The van der Waals surface area contributed by atoms with Crippen LogP contribution in [0.4, 0.5) is 28.4 Å². The van der Waals surface area contributed by atoms with Crippen molar-refractivity contribution in [2.75, 3.05) is 67.7 Å². The number of H-pyrrole nitrogens is 1. The van der Waals surface area contributed by atoms with Gasteiger partial charge >= 0.3 is 0 Å². The summed E-state index contributed by atoms with van der Waals surface area (Å²) in [6.07, 6.45) is 10.6. The number of aromatic nitrogens is 2. The van der Waals surface area contributed by atoms with E-state index in [9.17, 15) is 23.3 Å². The average molecular weight is 931 g/mol. The van der Waals surface area contributed by atoms with Crippen molar-refractivity contribution in [1.29, 1.82) is 0 Å². The molecular formula is C50H58N8O8S. The van der Waals surface area contributed by atoms with E-state index in [1.807, 2.05) is 30.5 Å². The van der Waals surface area contributed by atoms with Crippen LogP contribution in [0, 0.1) is 28.4 Å². The Balaban J connectivity index is 0.879. The molecule has 1 amide bonds. The molecule has 16 nitrogen and oxygen atoms in total. The van der Waals surface area contributed by atoms with Crippen molar-refractivity contribution in [3.8, 4) is 5.88 Å². The monoisotopic (exact) mass is 930 g/mol. The van der Waals surface area contributed by atoms with Crippen LogP contribution in [-0.4, -0.2) is 105 Å². The van der Waals surface area contributed by atoms with Crippen molar-refractivity contribution in [1.82, 2.24) is 19.6 Å². The zero-order valence-electron chi connectivity index (χ0n) is 37.8. The number of hydrogen-bond acceptors (Lipinski definition) is 13. The van der Waals surface area contributed by atoms with Crippen LogP contribution in [0.25, 0.3) is 11.0 Å². The topological polar surface area (TPSA) is 184 Å². The minimum absolute atomic E-state index is 0.132. The van der Waals surface area contributed by atoms with Crippen LogP contribution in [0.15, 0.2) is 83.9 Å². The number of anilines is 4. The van der Waals surface area contributed by atoms with E-state index in [1.54, 1.807) is 6.07 Å². The number of ether oxygens (including phenoxy) is 3. The minimum Gasteiger partial charge on any atom is -0.468 e. The highest BCUT2D eigenvalue weighted by Gasteiger charge is 2.50. The number of pyridine rings is 1. The lowest BCUT2D eigenvalue weighted by Crippen LogP contribution is -2.55. The Bertz CT molecular complexity index is 2800. The van der Waals surface area contributed by atoms with Crippen molar-refractivity contribution in [3.63, 3.8) is 0 Å². The standard InChI is InChI=1S/C50H58N8O8S/c1-32-5-2-3-6-38(32)41-7-4-19-56(41)36-28-50(29-36)16-20-55(21-17-50)35-8-10-39(43(26-35)57-42-15-24-65-31-46(42)66-49-45(57)25-34-12-18-51-47(34)53-49)48(59)54-67(62,63)37-9-11-40(44(27-37)58(60)61)52-30-33-13-22-64-23-14-33/h2-3,5-6,8-12,18,25-27,33,36,41-42,46,52H,4,7,13-17,19-24,28-31H2,1H3,(H,51,53)(H,54,59)/t41-,42+,46+/m0/s1. The van der Waals surface area contributed by atoms with Crippen LogP contribution < -0.4 is 24.6 Å². The lowest BCUT2D eigenvalue weighted by molar-refractivity contribution is -0.384. The van der Waals surface area contributed by atoms with Gasteiger partial charge in [0.25, 0.3) is 21.6 Å². The molecule has 352 valence electrons. The molecule has 3 atom stereocenters. The Hall–Kier alpha value is -5.75. The fourth-order valence-corrected chi connectivity index (χ4v) is 12.8. The molecule has 11 rings (SSSR count). The summed E-state index contributed by atoms with van der Waals surface area (Å²) in [4.78, 5) is 41.2. The quantitative estimate of drug-likeness (QED) is 0.0856. The summed E-state index contributed by atoms with van der Waals surface area (Å²) in [5.41, 5.74) is 5.86. The summed E-state index contributed by atoms with van der Waals surface area (Å²) in [7, 11) is -4.58. The summed E-state index contributed by atoms with van der Waals surface area (Å²) in [6, 6.07) is 22.9. The van der Waals surface area contributed by atoms with Gasteiger partial charge in [-0.2, -0.15) is 4.98 Å². The van der Waals surface area contributed by atoms with Crippen LogP contribution in [0.2, 0.25) is 0 Å². The smallest absolute Gasteiger partial charge is 0.293 e. The zero-order chi connectivity index (χ0) is 45.9. The maximum Gasteiger partial charge on any atom is 0.293 e. The highest BCUT2D eigenvalue weighted by atomic mass is 32.2. The summed E-state index contributed by atoms with van der Waals surface area (Å²) < 4.78 is 48.3. The number of nitro benzene ring substituents is 1. The molecule has 1 spiro atoms. The third-order valence-electron chi connectivity index (χ3n) is 15.6. The fourth-order valence-electron chi connectivity index (χ4n) is 11.8. The number of carbonyl (C=O) groups is 1. The number of sulfonamides is 1. The number of rotatable bonds is 11. The molecule has 5 aromatic rings. The van der Waals surface area contributed by atoms with Gasteiger partial charge in [-0.05, 0) is 136 Å². The maximum atomic E-state index is 14.6. The predicted octanol–water partition coefficient (Wildman–Crippen LogP) is 8.01. The molecular weight excluding hydrogens is 873 g/mol. The number of nitrogens with zero attached hydrogens (tertiary/aromatic N) is 5. The molecule has 17 heteroatoms. The fraction of sp³-hybridized carbons (Fsp3) is 0.480. The van der Waals surface area contributed by atoms with E-state index in [1.165, 1.54) is 48.9 Å². The van der Waals surface area contributed by atoms with Crippen LogP contribution >= 0.6 is 0 Å². The third-order valence-corrected chi connectivity index (χ3v) is 16.9. The summed E-state index contributed by atoms with van der Waals surface area (Å²) in [6.45, 7) is 7.64. The maximum absolute atomic E-state index is 14.6. The molecule has 2 aromatic heterocycles. The van der Waals surface area contributed by atoms with Crippen molar-refractivity contribution < 1.29 is 32.3 Å². The second kappa shape index (κ2) is 17.7. The van der Waals surface area contributed by atoms with Gasteiger partial charge in [0.1, 0.15) is 23.1 Å². The predicted molar refractivity (Wildman–Crippen MR) is 255 cm³/mol. The molecule has 0 bridgehead atoms. The lowest BCUT2D eigenvalue weighted by atomic mass is 9.59. The van der Waals surface area contributed by atoms with E-state index in [0.717, 1.165) is 62.5 Å². The van der Waals surface area contributed by atoms with E-state index in [0.29, 0.717) is 79.8 Å². The second-order valence-electron chi connectivity index (χ2n) is 19.5. The number of aromatic amines is 1.